The number of ether oxygens (including phenoxy) is 2. The van der Waals surface area contributed by atoms with Gasteiger partial charge in [0.15, 0.2) is 5.82 Å². The van der Waals surface area contributed by atoms with Gasteiger partial charge in [0.25, 0.3) is 5.91 Å². The molecule has 152 valence electrons. The van der Waals surface area contributed by atoms with Crippen molar-refractivity contribution >= 4 is 17.5 Å². The van der Waals surface area contributed by atoms with Crippen LogP contribution < -0.4 is 15.0 Å². The van der Waals surface area contributed by atoms with E-state index in [9.17, 15) is 4.79 Å². The molecule has 0 saturated carbocycles. The summed E-state index contributed by atoms with van der Waals surface area (Å²) in [6.07, 6.45) is 0. The van der Waals surface area contributed by atoms with Crippen LogP contribution in [-0.4, -0.2) is 55.6 Å². The molecule has 0 unspecified atom stereocenters. The molecule has 1 aromatic heterocycles. The van der Waals surface area contributed by atoms with Crippen molar-refractivity contribution in [1.29, 1.82) is 0 Å². The smallest absolute Gasteiger partial charge is 0.276 e. The first-order valence-electron chi connectivity index (χ1n) is 9.15. The molecule has 0 saturated heterocycles. The van der Waals surface area contributed by atoms with Crippen LogP contribution >= 0.6 is 0 Å². The van der Waals surface area contributed by atoms with Crippen LogP contribution in [0.4, 0.5) is 11.6 Å². The molecule has 8 nitrogen and oxygen atoms in total. The lowest BCUT2D eigenvalue weighted by molar-refractivity contribution is 0.0748. The number of hydrogen-bond donors (Lipinski definition) is 1. The highest BCUT2D eigenvalue weighted by Crippen LogP contribution is 2.22. The van der Waals surface area contributed by atoms with E-state index in [4.69, 9.17) is 9.47 Å². The predicted molar refractivity (Wildman–Crippen MR) is 113 cm³/mol. The van der Waals surface area contributed by atoms with Crippen LogP contribution in [0.1, 0.15) is 10.4 Å². The van der Waals surface area contributed by atoms with Crippen LogP contribution in [0.3, 0.4) is 0 Å². The average Bonchev–Trinajstić information content (AvgIpc) is 3.17. The fourth-order valence-corrected chi connectivity index (χ4v) is 2.74. The monoisotopic (exact) mass is 395 g/mol. The second-order valence-electron chi connectivity index (χ2n) is 6.64. The van der Waals surface area contributed by atoms with E-state index in [1.165, 1.54) is 11.8 Å². The summed E-state index contributed by atoms with van der Waals surface area (Å²) in [5.41, 5.74) is 2.97. The number of rotatable bonds is 8. The van der Waals surface area contributed by atoms with Crippen molar-refractivity contribution in [3.63, 3.8) is 0 Å². The molecule has 29 heavy (non-hydrogen) atoms. The number of methoxy groups -OCH3 is 2. The SMILES string of the molecule is COCC(=O)n1nc(-c2ccc(OC)cc2)nc1NCc1ccc(N(C)C)cc1. The minimum absolute atomic E-state index is 0.0857. The summed E-state index contributed by atoms with van der Waals surface area (Å²) in [7, 11) is 7.08. The fourth-order valence-electron chi connectivity index (χ4n) is 2.74. The molecule has 0 fully saturated rings. The third-order valence-corrected chi connectivity index (χ3v) is 4.36. The number of aromatic nitrogens is 3. The van der Waals surface area contributed by atoms with Crippen LogP contribution in [0, 0.1) is 0 Å². The van der Waals surface area contributed by atoms with Gasteiger partial charge in [-0.25, -0.2) is 0 Å². The highest BCUT2D eigenvalue weighted by atomic mass is 16.5. The van der Waals surface area contributed by atoms with Crippen molar-refractivity contribution in [3.05, 3.63) is 54.1 Å². The fraction of sp³-hybridized carbons (Fsp3) is 0.286. The number of anilines is 2. The third-order valence-electron chi connectivity index (χ3n) is 4.36. The first-order chi connectivity index (χ1) is 14.0. The van der Waals surface area contributed by atoms with E-state index in [0.29, 0.717) is 18.3 Å². The van der Waals surface area contributed by atoms with Gasteiger partial charge in [0, 0.05) is 39.0 Å². The van der Waals surface area contributed by atoms with Crippen molar-refractivity contribution in [2.45, 2.75) is 6.54 Å². The standard InChI is InChI=1S/C21H25N5O3/c1-25(2)17-9-5-15(6-10-17)13-22-21-23-20(24-26(21)19(27)14-28-3)16-7-11-18(29-4)12-8-16/h5-12H,13-14H2,1-4H3,(H,22,23,24). The first kappa shape index (κ1) is 20.3. The maximum Gasteiger partial charge on any atom is 0.276 e. The highest BCUT2D eigenvalue weighted by molar-refractivity contribution is 5.82. The molecule has 8 heteroatoms. The van der Waals surface area contributed by atoms with Gasteiger partial charge in [-0.3, -0.25) is 4.79 Å². The predicted octanol–water partition coefficient (Wildman–Crippen LogP) is 2.92. The molecular formula is C21H25N5O3. The second-order valence-corrected chi connectivity index (χ2v) is 6.64. The van der Waals surface area contributed by atoms with Crippen LogP contribution in [0.5, 0.6) is 5.75 Å². The Labute approximate surface area is 170 Å². The summed E-state index contributed by atoms with van der Waals surface area (Å²) in [6.45, 7) is 0.423. The Morgan fingerprint density at radius 1 is 1.07 bits per heavy atom. The van der Waals surface area contributed by atoms with Crippen molar-refractivity contribution in [3.8, 4) is 17.1 Å². The summed E-state index contributed by atoms with van der Waals surface area (Å²) >= 11 is 0. The van der Waals surface area contributed by atoms with Crippen molar-refractivity contribution in [1.82, 2.24) is 14.8 Å². The van der Waals surface area contributed by atoms with Crippen LogP contribution in [0.25, 0.3) is 11.4 Å². The molecular weight excluding hydrogens is 370 g/mol. The minimum Gasteiger partial charge on any atom is -0.497 e. The number of hydrogen-bond acceptors (Lipinski definition) is 7. The van der Waals surface area contributed by atoms with Gasteiger partial charge in [-0.2, -0.15) is 9.67 Å². The Bertz CT molecular complexity index is 949. The van der Waals surface area contributed by atoms with Gasteiger partial charge < -0.3 is 19.7 Å². The average molecular weight is 395 g/mol. The normalized spacial score (nSPS) is 10.6. The number of nitrogens with one attached hydrogen (secondary N) is 1. The number of nitrogens with zero attached hydrogens (tertiary/aromatic N) is 4. The summed E-state index contributed by atoms with van der Waals surface area (Å²) in [4.78, 5) is 19.0. The Balaban J connectivity index is 1.83. The molecule has 0 atom stereocenters. The highest BCUT2D eigenvalue weighted by Gasteiger charge is 2.17. The molecule has 0 aliphatic rings. The van der Waals surface area contributed by atoms with E-state index in [0.717, 1.165) is 22.6 Å². The quantitative estimate of drug-likeness (QED) is 0.628. The second kappa shape index (κ2) is 9.20. The van der Waals surface area contributed by atoms with Gasteiger partial charge in [0.1, 0.15) is 12.4 Å². The van der Waals surface area contributed by atoms with E-state index in [1.54, 1.807) is 7.11 Å². The number of carbonyl (C=O) groups excluding carboxylic acids is 1. The van der Waals surface area contributed by atoms with Crippen molar-refractivity contribution in [2.75, 3.05) is 45.1 Å². The van der Waals surface area contributed by atoms with Gasteiger partial charge in [-0.15, -0.1) is 5.10 Å². The maximum atomic E-state index is 12.4. The van der Waals surface area contributed by atoms with Gasteiger partial charge in [0.2, 0.25) is 5.95 Å². The lowest BCUT2D eigenvalue weighted by atomic mass is 10.2. The molecule has 0 amide bonds. The van der Waals surface area contributed by atoms with Crippen molar-refractivity contribution in [2.24, 2.45) is 0 Å². The molecule has 0 bridgehead atoms. The largest absolute Gasteiger partial charge is 0.497 e. The summed E-state index contributed by atoms with van der Waals surface area (Å²) in [6, 6.07) is 15.5. The summed E-state index contributed by atoms with van der Waals surface area (Å²) < 4.78 is 11.4. The van der Waals surface area contributed by atoms with E-state index in [-0.39, 0.29) is 12.5 Å². The number of benzene rings is 2. The topological polar surface area (TPSA) is 81.5 Å². The molecule has 3 aromatic rings. The van der Waals surface area contributed by atoms with E-state index >= 15 is 0 Å². The summed E-state index contributed by atoms with van der Waals surface area (Å²) in [5, 5.41) is 7.58. The van der Waals surface area contributed by atoms with E-state index < -0.39 is 0 Å². The zero-order chi connectivity index (χ0) is 20.8. The molecule has 0 spiro atoms. The summed E-state index contributed by atoms with van der Waals surface area (Å²) in [5.74, 6) is 1.26. The Hall–Kier alpha value is -3.39. The van der Waals surface area contributed by atoms with Crippen LogP contribution in [-0.2, 0) is 11.3 Å². The van der Waals surface area contributed by atoms with Gasteiger partial charge >= 0.3 is 0 Å². The molecule has 3 rings (SSSR count). The van der Waals surface area contributed by atoms with Gasteiger partial charge in [-0.1, -0.05) is 12.1 Å². The Morgan fingerprint density at radius 2 is 1.76 bits per heavy atom. The van der Waals surface area contributed by atoms with Crippen LogP contribution in [0.15, 0.2) is 48.5 Å². The molecule has 2 aromatic carbocycles. The number of carbonyl (C=O) groups is 1. The first-order valence-corrected chi connectivity index (χ1v) is 9.15. The van der Waals surface area contributed by atoms with E-state index in [2.05, 4.69) is 15.4 Å². The molecule has 0 aliphatic carbocycles. The molecule has 1 heterocycles. The molecule has 1 N–H and O–H groups in total. The Morgan fingerprint density at radius 3 is 2.34 bits per heavy atom. The van der Waals surface area contributed by atoms with Crippen molar-refractivity contribution < 1.29 is 14.3 Å². The van der Waals surface area contributed by atoms with Gasteiger partial charge in [-0.05, 0) is 42.0 Å². The minimum atomic E-state index is -0.301. The lowest BCUT2D eigenvalue weighted by Crippen LogP contribution is -2.20. The molecule has 0 radical (unpaired) electrons. The van der Waals surface area contributed by atoms with Gasteiger partial charge in [0.05, 0.1) is 7.11 Å². The van der Waals surface area contributed by atoms with E-state index in [1.807, 2.05) is 67.5 Å². The zero-order valence-corrected chi connectivity index (χ0v) is 17.0. The zero-order valence-electron chi connectivity index (χ0n) is 17.0. The third kappa shape index (κ3) is 4.91. The lowest BCUT2D eigenvalue weighted by Gasteiger charge is -2.13. The van der Waals surface area contributed by atoms with Crippen LogP contribution in [0.2, 0.25) is 0 Å². The maximum absolute atomic E-state index is 12.4. The molecule has 0 aliphatic heterocycles. The Kier molecular flexibility index (Phi) is 6.46.